The van der Waals surface area contributed by atoms with Crippen LogP contribution in [0.4, 0.5) is 0 Å². The van der Waals surface area contributed by atoms with E-state index >= 15 is 0 Å². The minimum atomic E-state index is 0.715. The maximum Gasteiger partial charge on any atom is 0.128 e. The summed E-state index contributed by atoms with van der Waals surface area (Å²) in [5.41, 5.74) is 1.06. The molecule has 2 aromatic rings. The molecule has 0 saturated carbocycles. The van der Waals surface area contributed by atoms with Gasteiger partial charge in [-0.15, -0.1) is 0 Å². The summed E-state index contributed by atoms with van der Waals surface area (Å²) in [6, 6.07) is 13.6. The van der Waals surface area contributed by atoms with Crippen molar-refractivity contribution in [1.29, 1.82) is 0 Å². The molecule has 0 bridgehead atoms. The second-order valence-electron chi connectivity index (χ2n) is 3.84. The normalized spacial score (nSPS) is 10.4. The Morgan fingerprint density at radius 3 is 2.39 bits per heavy atom. The van der Waals surface area contributed by atoms with E-state index in [2.05, 4.69) is 27.9 Å². The van der Waals surface area contributed by atoms with E-state index < -0.39 is 0 Å². The van der Waals surface area contributed by atoms with Gasteiger partial charge in [-0.05, 0) is 71.6 Å². The van der Waals surface area contributed by atoms with E-state index in [1.807, 2.05) is 49.5 Å². The number of benzene rings is 2. The van der Waals surface area contributed by atoms with E-state index in [0.717, 1.165) is 23.6 Å². The van der Waals surface area contributed by atoms with Crippen molar-refractivity contribution in [2.24, 2.45) is 0 Å². The van der Waals surface area contributed by atoms with Gasteiger partial charge in [-0.25, -0.2) is 0 Å². The third-order valence-corrected chi connectivity index (χ3v) is 3.51. The van der Waals surface area contributed by atoms with Gasteiger partial charge in [0.1, 0.15) is 11.5 Å². The number of hydrogen-bond acceptors (Lipinski definition) is 2. The summed E-state index contributed by atoms with van der Waals surface area (Å²) in [6.45, 7) is 0.753. The minimum absolute atomic E-state index is 0.715. The zero-order chi connectivity index (χ0) is 13.0. The Balaban J connectivity index is 2.14. The van der Waals surface area contributed by atoms with Gasteiger partial charge in [0.05, 0.1) is 0 Å². The Morgan fingerprint density at radius 1 is 1.11 bits per heavy atom. The Labute approximate surface area is 125 Å². The van der Waals surface area contributed by atoms with Crippen LogP contribution in [0.1, 0.15) is 5.56 Å². The molecule has 2 aromatic carbocycles. The lowest BCUT2D eigenvalue weighted by Gasteiger charge is -2.08. The summed E-state index contributed by atoms with van der Waals surface area (Å²) in [5, 5.41) is 3.79. The van der Waals surface area contributed by atoms with Crippen LogP contribution in [0.2, 0.25) is 5.02 Å². The van der Waals surface area contributed by atoms with Gasteiger partial charge in [-0.3, -0.25) is 0 Å². The molecule has 1 N–H and O–H groups in total. The fraction of sp³-hybridized carbons (Fsp3) is 0.143. The number of hydrogen-bond donors (Lipinski definition) is 1. The topological polar surface area (TPSA) is 21.3 Å². The van der Waals surface area contributed by atoms with Gasteiger partial charge < -0.3 is 10.1 Å². The molecular weight excluding hydrogens is 361 g/mol. The van der Waals surface area contributed by atoms with Crippen LogP contribution in [-0.2, 0) is 6.54 Å². The van der Waals surface area contributed by atoms with Crippen molar-refractivity contribution in [3.05, 3.63) is 56.6 Å². The molecule has 0 amide bonds. The lowest BCUT2D eigenvalue weighted by molar-refractivity contribution is 0.482. The molecular formula is C14H13ClINO. The lowest BCUT2D eigenvalue weighted by atomic mass is 10.2. The monoisotopic (exact) mass is 373 g/mol. The third-order valence-electron chi connectivity index (χ3n) is 2.44. The molecule has 0 atom stereocenters. The van der Waals surface area contributed by atoms with Crippen LogP contribution in [0.15, 0.2) is 42.5 Å². The number of nitrogens with one attached hydrogen (secondary N) is 1. The number of rotatable bonds is 4. The summed E-state index contributed by atoms with van der Waals surface area (Å²) >= 11 is 8.44. The van der Waals surface area contributed by atoms with E-state index in [4.69, 9.17) is 16.3 Å². The molecule has 0 heterocycles. The van der Waals surface area contributed by atoms with Crippen LogP contribution < -0.4 is 10.1 Å². The van der Waals surface area contributed by atoms with E-state index in [-0.39, 0.29) is 0 Å². The molecule has 0 aliphatic rings. The SMILES string of the molecule is CNCc1ccc(Oc2ccc(I)cc2)cc1Cl. The van der Waals surface area contributed by atoms with Crippen molar-refractivity contribution in [3.63, 3.8) is 0 Å². The van der Waals surface area contributed by atoms with Crippen LogP contribution in [-0.4, -0.2) is 7.05 Å². The summed E-state index contributed by atoms with van der Waals surface area (Å²) in [5.74, 6) is 1.56. The van der Waals surface area contributed by atoms with Crippen molar-refractivity contribution >= 4 is 34.2 Å². The quantitative estimate of drug-likeness (QED) is 0.799. The van der Waals surface area contributed by atoms with E-state index in [1.54, 1.807) is 0 Å². The third kappa shape index (κ3) is 3.60. The summed E-state index contributed by atoms with van der Waals surface area (Å²) in [4.78, 5) is 0. The first kappa shape index (κ1) is 13.6. The zero-order valence-corrected chi connectivity index (χ0v) is 12.8. The van der Waals surface area contributed by atoms with Crippen molar-refractivity contribution in [3.8, 4) is 11.5 Å². The van der Waals surface area contributed by atoms with Crippen LogP contribution in [0.25, 0.3) is 0 Å². The fourth-order valence-corrected chi connectivity index (χ4v) is 2.16. The molecule has 2 nitrogen and oxygen atoms in total. The van der Waals surface area contributed by atoms with E-state index in [1.165, 1.54) is 3.57 Å². The van der Waals surface area contributed by atoms with E-state index in [9.17, 15) is 0 Å². The average Bonchev–Trinajstić information content (AvgIpc) is 2.36. The molecule has 0 aliphatic carbocycles. The highest BCUT2D eigenvalue weighted by Crippen LogP contribution is 2.27. The second-order valence-corrected chi connectivity index (χ2v) is 5.49. The molecule has 0 unspecified atom stereocenters. The molecule has 2 rings (SSSR count). The van der Waals surface area contributed by atoms with Gasteiger partial charge in [0.2, 0.25) is 0 Å². The van der Waals surface area contributed by atoms with Crippen LogP contribution >= 0.6 is 34.2 Å². The van der Waals surface area contributed by atoms with Gasteiger partial charge in [0.15, 0.2) is 0 Å². The molecule has 18 heavy (non-hydrogen) atoms. The molecule has 0 aliphatic heterocycles. The molecule has 4 heteroatoms. The van der Waals surface area contributed by atoms with E-state index in [0.29, 0.717) is 5.02 Å². The van der Waals surface area contributed by atoms with Crippen molar-refractivity contribution in [2.75, 3.05) is 7.05 Å². The maximum atomic E-state index is 6.18. The lowest BCUT2D eigenvalue weighted by Crippen LogP contribution is -2.05. The molecule has 0 spiro atoms. The first-order valence-electron chi connectivity index (χ1n) is 5.55. The van der Waals surface area contributed by atoms with Crippen molar-refractivity contribution < 1.29 is 4.74 Å². The van der Waals surface area contributed by atoms with Gasteiger partial charge in [0.25, 0.3) is 0 Å². The fourth-order valence-electron chi connectivity index (χ4n) is 1.56. The Kier molecular flexibility index (Phi) is 4.86. The Bertz CT molecular complexity index is 528. The molecule has 0 aromatic heterocycles. The Hall–Kier alpha value is -0.780. The summed E-state index contributed by atoms with van der Waals surface area (Å²) in [6.07, 6.45) is 0. The maximum absolute atomic E-state index is 6.18. The highest BCUT2D eigenvalue weighted by atomic mass is 127. The van der Waals surface area contributed by atoms with Gasteiger partial charge >= 0.3 is 0 Å². The van der Waals surface area contributed by atoms with Gasteiger partial charge in [0, 0.05) is 15.1 Å². The summed E-state index contributed by atoms with van der Waals surface area (Å²) < 4.78 is 6.92. The van der Waals surface area contributed by atoms with Crippen LogP contribution in [0, 0.1) is 3.57 Å². The minimum Gasteiger partial charge on any atom is -0.457 e. The second kappa shape index (κ2) is 6.41. The van der Waals surface area contributed by atoms with Gasteiger partial charge in [-0.1, -0.05) is 17.7 Å². The van der Waals surface area contributed by atoms with Crippen LogP contribution in [0.3, 0.4) is 0 Å². The average molecular weight is 374 g/mol. The molecule has 94 valence electrons. The van der Waals surface area contributed by atoms with Crippen LogP contribution in [0.5, 0.6) is 11.5 Å². The zero-order valence-electron chi connectivity index (χ0n) is 9.91. The smallest absolute Gasteiger partial charge is 0.128 e. The highest BCUT2D eigenvalue weighted by molar-refractivity contribution is 14.1. The predicted molar refractivity (Wildman–Crippen MR) is 83.4 cm³/mol. The molecule has 0 saturated heterocycles. The first-order chi connectivity index (χ1) is 8.69. The molecule has 0 radical (unpaired) electrons. The van der Waals surface area contributed by atoms with Crippen molar-refractivity contribution in [1.82, 2.24) is 5.32 Å². The first-order valence-corrected chi connectivity index (χ1v) is 7.01. The predicted octanol–water partition coefficient (Wildman–Crippen LogP) is 4.46. The Morgan fingerprint density at radius 2 is 1.78 bits per heavy atom. The largest absolute Gasteiger partial charge is 0.457 e. The number of halogens is 2. The molecule has 0 fully saturated rings. The summed E-state index contributed by atoms with van der Waals surface area (Å²) in [7, 11) is 1.90. The number of ether oxygens (including phenoxy) is 1. The standard InChI is InChI=1S/C14H13ClINO/c1-17-9-10-2-5-13(8-14(10)15)18-12-6-3-11(16)4-7-12/h2-8,17H,9H2,1H3. The van der Waals surface area contributed by atoms with Gasteiger partial charge in [-0.2, -0.15) is 0 Å². The highest BCUT2D eigenvalue weighted by Gasteiger charge is 2.03. The van der Waals surface area contributed by atoms with Crippen molar-refractivity contribution in [2.45, 2.75) is 6.54 Å².